The van der Waals surface area contributed by atoms with Crippen LogP contribution >= 0.6 is 24.0 Å². The summed E-state index contributed by atoms with van der Waals surface area (Å²) in [5, 5.41) is 12.7. The molecule has 26 heavy (non-hydrogen) atoms. The van der Waals surface area contributed by atoms with E-state index in [1.807, 2.05) is 37.5 Å². The zero-order valence-corrected chi connectivity index (χ0v) is 16.1. The van der Waals surface area contributed by atoms with Gasteiger partial charge < -0.3 is 9.84 Å². The molecule has 1 unspecified atom stereocenters. The quantitative estimate of drug-likeness (QED) is 0.736. The van der Waals surface area contributed by atoms with Gasteiger partial charge in [0, 0.05) is 38.4 Å². The molecule has 138 valence electrons. The highest BCUT2D eigenvalue weighted by Crippen LogP contribution is 2.34. The van der Waals surface area contributed by atoms with Crippen molar-refractivity contribution in [2.75, 3.05) is 26.7 Å². The third-order valence-electron chi connectivity index (χ3n) is 4.44. The largest absolute Gasteiger partial charge is 0.334 e. The Labute approximate surface area is 162 Å². The van der Waals surface area contributed by atoms with Crippen molar-refractivity contribution in [3.63, 3.8) is 0 Å². The third kappa shape index (κ3) is 3.48. The fraction of sp³-hybridized carbons (Fsp3) is 0.353. The van der Waals surface area contributed by atoms with E-state index in [0.29, 0.717) is 16.7 Å². The van der Waals surface area contributed by atoms with Gasteiger partial charge in [0.15, 0.2) is 5.82 Å². The predicted octanol–water partition coefficient (Wildman–Crippen LogP) is 2.79. The van der Waals surface area contributed by atoms with E-state index in [0.717, 1.165) is 36.5 Å². The van der Waals surface area contributed by atoms with Crippen LogP contribution in [-0.4, -0.2) is 51.5 Å². The second kappa shape index (κ2) is 7.75. The number of aryl methyl sites for hydroxylation is 1. The Hall–Kier alpha value is -1.93. The first-order valence-electron chi connectivity index (χ1n) is 8.17. The number of aromatic nitrogens is 4. The van der Waals surface area contributed by atoms with Crippen molar-refractivity contribution in [2.24, 2.45) is 7.05 Å². The van der Waals surface area contributed by atoms with Gasteiger partial charge in [0.05, 0.1) is 16.6 Å². The summed E-state index contributed by atoms with van der Waals surface area (Å²) in [6, 6.07) is 7.71. The standard InChI is InChI=1S/C17H19ClN6O.ClH/c1-23-8-7-19-9-14(23)16-20-17(25-22-16)12-10-24(2)21-15(12)11-5-3-4-6-13(11)18;/h3-6,10,14,19H,7-9H2,1-2H3;1H. The molecule has 1 N–H and O–H groups in total. The van der Waals surface area contributed by atoms with E-state index in [1.54, 1.807) is 4.68 Å². The second-order valence-electron chi connectivity index (χ2n) is 6.20. The van der Waals surface area contributed by atoms with Crippen molar-refractivity contribution >= 4 is 24.0 Å². The van der Waals surface area contributed by atoms with Crippen LogP contribution in [0.15, 0.2) is 35.0 Å². The van der Waals surface area contributed by atoms with Crippen LogP contribution in [0.25, 0.3) is 22.7 Å². The molecule has 0 amide bonds. The fourth-order valence-corrected chi connectivity index (χ4v) is 3.30. The predicted molar refractivity (Wildman–Crippen MR) is 102 cm³/mol. The third-order valence-corrected chi connectivity index (χ3v) is 4.77. The van der Waals surface area contributed by atoms with Gasteiger partial charge in [0.25, 0.3) is 5.89 Å². The van der Waals surface area contributed by atoms with E-state index < -0.39 is 0 Å². The molecule has 0 radical (unpaired) electrons. The second-order valence-corrected chi connectivity index (χ2v) is 6.61. The molecule has 0 spiro atoms. The van der Waals surface area contributed by atoms with E-state index in [4.69, 9.17) is 16.1 Å². The molecule has 0 aliphatic carbocycles. The van der Waals surface area contributed by atoms with Gasteiger partial charge in [-0.05, 0) is 13.1 Å². The van der Waals surface area contributed by atoms with Crippen molar-refractivity contribution < 1.29 is 4.52 Å². The summed E-state index contributed by atoms with van der Waals surface area (Å²) in [6.45, 7) is 2.73. The Morgan fingerprint density at radius 2 is 2.04 bits per heavy atom. The number of hydrogen-bond acceptors (Lipinski definition) is 6. The Morgan fingerprint density at radius 3 is 2.81 bits per heavy atom. The number of rotatable bonds is 3. The minimum absolute atomic E-state index is 0. The van der Waals surface area contributed by atoms with Crippen LogP contribution in [0.1, 0.15) is 11.9 Å². The van der Waals surface area contributed by atoms with Crippen LogP contribution in [0, 0.1) is 0 Å². The summed E-state index contributed by atoms with van der Waals surface area (Å²) < 4.78 is 7.28. The molecule has 1 atom stereocenters. The van der Waals surface area contributed by atoms with E-state index in [2.05, 4.69) is 32.5 Å². The van der Waals surface area contributed by atoms with Gasteiger partial charge in [0.2, 0.25) is 0 Å². The highest BCUT2D eigenvalue weighted by molar-refractivity contribution is 6.33. The van der Waals surface area contributed by atoms with E-state index in [1.165, 1.54) is 0 Å². The van der Waals surface area contributed by atoms with E-state index >= 15 is 0 Å². The topological polar surface area (TPSA) is 72.0 Å². The number of hydrogen-bond donors (Lipinski definition) is 1. The Kier molecular flexibility index (Phi) is 5.62. The van der Waals surface area contributed by atoms with Gasteiger partial charge >= 0.3 is 0 Å². The summed E-state index contributed by atoms with van der Waals surface area (Å²) in [4.78, 5) is 6.85. The lowest BCUT2D eigenvalue weighted by Crippen LogP contribution is -2.44. The zero-order valence-electron chi connectivity index (χ0n) is 14.5. The zero-order chi connectivity index (χ0) is 17.4. The van der Waals surface area contributed by atoms with Crippen molar-refractivity contribution in [2.45, 2.75) is 6.04 Å². The summed E-state index contributed by atoms with van der Waals surface area (Å²) in [7, 11) is 3.93. The SMILES string of the molecule is CN1CCNCC1c1noc(-c2cn(C)nc2-c2ccccc2Cl)n1.Cl. The maximum atomic E-state index is 6.34. The lowest BCUT2D eigenvalue weighted by Gasteiger charge is -2.30. The molecule has 4 rings (SSSR count). The normalized spacial score (nSPS) is 17.9. The molecule has 2 aromatic heterocycles. The molecule has 1 aliphatic rings. The molecule has 1 fully saturated rings. The molecule has 3 aromatic rings. The van der Waals surface area contributed by atoms with Crippen molar-refractivity contribution in [1.29, 1.82) is 0 Å². The molecule has 1 saturated heterocycles. The summed E-state index contributed by atoms with van der Waals surface area (Å²) in [6.07, 6.45) is 1.87. The average molecular weight is 395 g/mol. The lowest BCUT2D eigenvalue weighted by molar-refractivity contribution is 0.190. The van der Waals surface area contributed by atoms with Gasteiger partial charge in [-0.1, -0.05) is 35.0 Å². The first-order chi connectivity index (χ1) is 12.1. The summed E-state index contributed by atoms with van der Waals surface area (Å²) in [5.74, 6) is 1.13. The highest BCUT2D eigenvalue weighted by atomic mass is 35.5. The van der Waals surface area contributed by atoms with Crippen LogP contribution < -0.4 is 5.32 Å². The number of halogens is 2. The van der Waals surface area contributed by atoms with Crippen LogP contribution in [0.5, 0.6) is 0 Å². The Balaban J connectivity index is 0.00000196. The van der Waals surface area contributed by atoms with Gasteiger partial charge in [-0.25, -0.2) is 0 Å². The fourth-order valence-electron chi connectivity index (χ4n) is 3.07. The minimum Gasteiger partial charge on any atom is -0.334 e. The van der Waals surface area contributed by atoms with Gasteiger partial charge in [-0.3, -0.25) is 9.58 Å². The average Bonchev–Trinajstić information content (AvgIpc) is 3.22. The van der Waals surface area contributed by atoms with Crippen molar-refractivity contribution in [3.05, 3.63) is 41.3 Å². The van der Waals surface area contributed by atoms with E-state index in [-0.39, 0.29) is 18.4 Å². The van der Waals surface area contributed by atoms with Gasteiger partial charge in [-0.15, -0.1) is 12.4 Å². The molecule has 0 saturated carbocycles. The highest BCUT2D eigenvalue weighted by Gasteiger charge is 2.27. The summed E-state index contributed by atoms with van der Waals surface area (Å²) >= 11 is 6.34. The monoisotopic (exact) mass is 394 g/mol. The van der Waals surface area contributed by atoms with Crippen molar-refractivity contribution in [3.8, 4) is 22.7 Å². The maximum Gasteiger partial charge on any atom is 0.261 e. The molecule has 0 bridgehead atoms. The van der Waals surface area contributed by atoms with Crippen LogP contribution in [0.3, 0.4) is 0 Å². The first-order valence-corrected chi connectivity index (χ1v) is 8.55. The van der Waals surface area contributed by atoms with Gasteiger partial charge in [0.1, 0.15) is 5.69 Å². The van der Waals surface area contributed by atoms with Crippen molar-refractivity contribution in [1.82, 2.24) is 30.1 Å². The molecule has 7 nitrogen and oxygen atoms in total. The minimum atomic E-state index is 0. The Morgan fingerprint density at radius 1 is 1.23 bits per heavy atom. The molecule has 1 aromatic carbocycles. The molecule has 9 heteroatoms. The number of nitrogens with zero attached hydrogens (tertiary/aromatic N) is 5. The number of likely N-dealkylation sites (N-methyl/N-ethyl adjacent to an activating group) is 1. The number of piperazine rings is 1. The number of benzene rings is 1. The maximum absolute atomic E-state index is 6.34. The van der Waals surface area contributed by atoms with Crippen LogP contribution in [0.2, 0.25) is 5.02 Å². The molecule has 1 aliphatic heterocycles. The van der Waals surface area contributed by atoms with E-state index in [9.17, 15) is 0 Å². The molecular formula is C17H20Cl2N6O. The summed E-state index contributed by atoms with van der Waals surface area (Å²) in [5.41, 5.74) is 2.36. The molecular weight excluding hydrogens is 375 g/mol. The first kappa shape index (κ1) is 18.8. The number of nitrogens with one attached hydrogen (secondary N) is 1. The van der Waals surface area contributed by atoms with Crippen LogP contribution in [-0.2, 0) is 7.05 Å². The van der Waals surface area contributed by atoms with Crippen LogP contribution in [0.4, 0.5) is 0 Å². The smallest absolute Gasteiger partial charge is 0.261 e. The van der Waals surface area contributed by atoms with Gasteiger partial charge in [-0.2, -0.15) is 10.1 Å². The Bertz CT molecular complexity index is 893. The lowest BCUT2D eigenvalue weighted by atomic mass is 10.1. The molecule has 3 heterocycles.